The molecule has 0 aliphatic heterocycles. The lowest BCUT2D eigenvalue weighted by Gasteiger charge is -2.42. The molecular formula is C22H12F17NO3S. The zero-order valence-corrected chi connectivity index (χ0v) is 21.5. The predicted molar refractivity (Wildman–Crippen MR) is 115 cm³/mol. The van der Waals surface area contributed by atoms with E-state index in [1.165, 1.54) is 6.92 Å². The third-order valence-corrected chi connectivity index (χ3v) is 6.50. The number of hydrogen-bond donors (Lipinski definition) is 1. The molecule has 1 aromatic heterocycles. The van der Waals surface area contributed by atoms with Gasteiger partial charge in [0.15, 0.2) is 0 Å². The summed E-state index contributed by atoms with van der Waals surface area (Å²) in [6, 6.07) is 3.47. The van der Waals surface area contributed by atoms with Crippen LogP contribution in [0.3, 0.4) is 0 Å². The Hall–Kier alpha value is -3.33. The van der Waals surface area contributed by atoms with Crippen molar-refractivity contribution in [3.8, 4) is 11.1 Å². The molecule has 2 rings (SSSR count). The summed E-state index contributed by atoms with van der Waals surface area (Å²) in [5, 5.41) is 0.319. The molecule has 44 heavy (non-hydrogen) atoms. The number of benzene rings is 1. The zero-order chi connectivity index (χ0) is 34.5. The summed E-state index contributed by atoms with van der Waals surface area (Å²) < 4.78 is 235. The van der Waals surface area contributed by atoms with E-state index in [0.29, 0.717) is 0 Å². The molecule has 0 atom stereocenters. The Morgan fingerprint density at radius 3 is 1.68 bits per heavy atom. The number of carbonyl (C=O) groups is 2. The second-order valence-electron chi connectivity index (χ2n) is 8.41. The molecule has 4 nitrogen and oxygen atoms in total. The van der Waals surface area contributed by atoms with E-state index < -0.39 is 88.3 Å². The van der Waals surface area contributed by atoms with Gasteiger partial charge in [0.05, 0.1) is 6.61 Å². The molecule has 1 amide bonds. The van der Waals surface area contributed by atoms with E-state index in [4.69, 9.17) is 0 Å². The number of halogens is 17. The normalized spacial score (nSPS) is 14.2. The molecule has 1 aromatic carbocycles. The maximum Gasteiger partial charge on any atom is 0.393 e. The van der Waals surface area contributed by atoms with Gasteiger partial charge in [-0.1, -0.05) is 12.1 Å². The number of ether oxygens (including phenoxy) is 1. The summed E-state index contributed by atoms with van der Waals surface area (Å²) in [5.41, 5.74) is -1.54. The van der Waals surface area contributed by atoms with Crippen LogP contribution in [0.15, 0.2) is 29.6 Å². The van der Waals surface area contributed by atoms with Crippen molar-refractivity contribution in [1.82, 2.24) is 0 Å². The van der Waals surface area contributed by atoms with Gasteiger partial charge in [-0.25, -0.2) is 18.0 Å². The Bertz CT molecular complexity index is 1370. The van der Waals surface area contributed by atoms with E-state index in [1.54, 1.807) is 0 Å². The molecule has 0 spiro atoms. The summed E-state index contributed by atoms with van der Waals surface area (Å²) in [6.07, 6.45) is -5.99. The number of rotatable bonds is 12. The predicted octanol–water partition coefficient (Wildman–Crippen LogP) is 8.38. The first-order chi connectivity index (χ1) is 19.7. The summed E-state index contributed by atoms with van der Waals surface area (Å²) >= 11 is -0.00341. The average Bonchev–Trinajstić information content (AvgIpc) is 3.31. The van der Waals surface area contributed by atoms with E-state index in [-0.39, 0.29) is 16.9 Å². The van der Waals surface area contributed by atoms with Gasteiger partial charge in [0.25, 0.3) is 0 Å². The van der Waals surface area contributed by atoms with Crippen molar-refractivity contribution >= 4 is 28.2 Å². The maximum atomic E-state index is 14.4. The van der Waals surface area contributed by atoms with Crippen molar-refractivity contribution in [3.05, 3.63) is 41.0 Å². The SMILES string of the molecule is CCOC(=O)c1c(-c2ccc(F)cc2)csc1NC(=O)C(F)(F)C(F)(F)C(F)(F)C(F)(F)C(F)(F)C(F)(F)C(F)(F)C(F)F. The molecule has 248 valence electrons. The molecule has 1 heterocycles. The van der Waals surface area contributed by atoms with Gasteiger partial charge < -0.3 is 10.1 Å². The van der Waals surface area contributed by atoms with Crippen molar-refractivity contribution < 1.29 is 89.0 Å². The van der Waals surface area contributed by atoms with Crippen molar-refractivity contribution in [2.75, 3.05) is 11.9 Å². The van der Waals surface area contributed by atoms with Crippen LogP contribution in [0.25, 0.3) is 11.1 Å². The van der Waals surface area contributed by atoms with Crippen molar-refractivity contribution in [3.63, 3.8) is 0 Å². The Morgan fingerprint density at radius 1 is 0.773 bits per heavy atom. The summed E-state index contributed by atoms with van der Waals surface area (Å²) in [5.74, 6) is -63.3. The molecule has 0 bridgehead atoms. The molecule has 0 unspecified atom stereocenters. The van der Waals surface area contributed by atoms with Crippen molar-refractivity contribution in [1.29, 1.82) is 0 Å². The van der Waals surface area contributed by atoms with Crippen LogP contribution in [-0.2, 0) is 9.53 Å². The van der Waals surface area contributed by atoms with Crippen LogP contribution in [0, 0.1) is 5.82 Å². The first-order valence-corrected chi connectivity index (χ1v) is 11.8. The molecule has 0 aliphatic carbocycles. The lowest BCUT2D eigenvalue weighted by Crippen LogP contribution is -2.74. The van der Waals surface area contributed by atoms with Crippen LogP contribution in [-0.4, -0.2) is 66.4 Å². The monoisotopic (exact) mass is 693 g/mol. The van der Waals surface area contributed by atoms with Crippen LogP contribution in [0.2, 0.25) is 0 Å². The smallest absolute Gasteiger partial charge is 0.393 e. The quantitative estimate of drug-likeness (QED) is 0.180. The van der Waals surface area contributed by atoms with Gasteiger partial charge in [-0.3, -0.25) is 4.79 Å². The minimum atomic E-state index is -8.68. The first-order valence-electron chi connectivity index (χ1n) is 11.0. The molecule has 0 aliphatic rings. The third-order valence-electron chi connectivity index (χ3n) is 5.60. The van der Waals surface area contributed by atoms with E-state index in [0.717, 1.165) is 35.0 Å². The van der Waals surface area contributed by atoms with Gasteiger partial charge >= 0.3 is 59.8 Å². The highest BCUT2D eigenvalue weighted by Crippen LogP contribution is 2.63. The fraction of sp³-hybridized carbons (Fsp3) is 0.455. The standard InChI is InChI=1S/C22H12F17NO3S/c1-2-43-13(41)11-10(8-3-5-9(23)6-4-8)7-44-12(11)40-15(42)17(28,29)19(32,33)21(36,37)22(38,39)20(34,35)18(30,31)16(26,27)14(24)25/h3-7,14H,2H2,1H3,(H,40,42). The van der Waals surface area contributed by atoms with Gasteiger partial charge in [0, 0.05) is 10.9 Å². The van der Waals surface area contributed by atoms with Crippen molar-refractivity contribution in [2.24, 2.45) is 0 Å². The van der Waals surface area contributed by atoms with E-state index in [1.807, 2.05) is 0 Å². The number of hydrogen-bond acceptors (Lipinski definition) is 4. The molecule has 0 fully saturated rings. The molecule has 0 saturated heterocycles. The lowest BCUT2D eigenvalue weighted by atomic mass is 9.89. The minimum absolute atomic E-state index is 0.00341. The molecule has 22 heteroatoms. The van der Waals surface area contributed by atoms with Gasteiger partial charge in [0.2, 0.25) is 0 Å². The zero-order valence-electron chi connectivity index (χ0n) is 20.7. The minimum Gasteiger partial charge on any atom is -0.462 e. The number of esters is 1. The fourth-order valence-corrected chi connectivity index (χ4v) is 4.11. The van der Waals surface area contributed by atoms with Gasteiger partial charge in [0.1, 0.15) is 16.4 Å². The molecule has 0 saturated carbocycles. The molecule has 1 N–H and O–H groups in total. The number of anilines is 1. The van der Waals surface area contributed by atoms with Crippen LogP contribution in [0.1, 0.15) is 17.3 Å². The van der Waals surface area contributed by atoms with Gasteiger partial charge in [-0.05, 0) is 24.6 Å². The fourth-order valence-electron chi connectivity index (χ4n) is 3.16. The number of carbonyl (C=O) groups excluding carboxylic acids is 2. The maximum absolute atomic E-state index is 14.4. The van der Waals surface area contributed by atoms with E-state index >= 15 is 0 Å². The van der Waals surface area contributed by atoms with Gasteiger partial charge in [-0.2, -0.15) is 61.5 Å². The van der Waals surface area contributed by atoms with Crippen LogP contribution >= 0.6 is 11.3 Å². The largest absolute Gasteiger partial charge is 0.462 e. The second kappa shape index (κ2) is 11.5. The van der Waals surface area contributed by atoms with E-state index in [9.17, 15) is 84.2 Å². The first kappa shape index (κ1) is 36.9. The highest BCUT2D eigenvalue weighted by molar-refractivity contribution is 7.15. The Morgan fingerprint density at radius 2 is 1.23 bits per heavy atom. The van der Waals surface area contributed by atoms with Crippen molar-refractivity contribution in [2.45, 2.75) is 54.8 Å². The topological polar surface area (TPSA) is 55.4 Å². The lowest BCUT2D eigenvalue weighted by molar-refractivity contribution is -0.443. The highest BCUT2D eigenvalue weighted by atomic mass is 32.1. The molecular weight excluding hydrogens is 681 g/mol. The highest BCUT2D eigenvalue weighted by Gasteiger charge is 2.94. The Kier molecular flexibility index (Phi) is 9.67. The van der Waals surface area contributed by atoms with Crippen LogP contribution < -0.4 is 5.32 Å². The molecule has 2 aromatic rings. The van der Waals surface area contributed by atoms with Gasteiger partial charge in [-0.15, -0.1) is 11.3 Å². The third kappa shape index (κ3) is 5.41. The second-order valence-corrected chi connectivity index (χ2v) is 9.28. The summed E-state index contributed by atoms with van der Waals surface area (Å²) in [6.45, 7) is 0.692. The van der Waals surface area contributed by atoms with E-state index in [2.05, 4.69) is 4.74 Å². The van der Waals surface area contributed by atoms with Crippen LogP contribution in [0.4, 0.5) is 79.6 Å². The number of alkyl halides is 16. The number of thiophene rings is 1. The number of nitrogens with one attached hydrogen (secondary N) is 1. The van der Waals surface area contributed by atoms with Crippen LogP contribution in [0.5, 0.6) is 0 Å². The Balaban J connectivity index is 2.60. The Labute approximate surface area is 236 Å². The summed E-state index contributed by atoms with van der Waals surface area (Å²) in [7, 11) is 0. The summed E-state index contributed by atoms with van der Waals surface area (Å²) in [4.78, 5) is 24.4. The average molecular weight is 693 g/mol. The number of amides is 1. The molecule has 0 radical (unpaired) electrons.